The third-order valence-corrected chi connectivity index (χ3v) is 5.57. The summed E-state index contributed by atoms with van der Waals surface area (Å²) in [6.45, 7) is 10.3. The van der Waals surface area contributed by atoms with Crippen LogP contribution in [-0.2, 0) is 0 Å². The number of hydrogen-bond donors (Lipinski definition) is 1. The second kappa shape index (κ2) is 4.58. The summed E-state index contributed by atoms with van der Waals surface area (Å²) in [7, 11) is 0. The zero-order chi connectivity index (χ0) is 12.8. The lowest BCUT2D eigenvalue weighted by Crippen LogP contribution is -2.60. The van der Waals surface area contributed by atoms with Crippen LogP contribution in [0.1, 0.15) is 42.6 Å². The molecule has 0 amide bonds. The summed E-state index contributed by atoms with van der Waals surface area (Å²) in [6.07, 6.45) is 4.81. The van der Waals surface area contributed by atoms with E-state index in [2.05, 4.69) is 36.0 Å². The third kappa shape index (κ3) is 2.33. The van der Waals surface area contributed by atoms with E-state index in [1.807, 2.05) is 17.5 Å². The first-order valence-corrected chi connectivity index (χ1v) is 7.81. The first-order chi connectivity index (χ1) is 8.58. The molecule has 2 aliphatic rings. The smallest absolute Gasteiger partial charge is 0.110 e. The largest absolute Gasteiger partial charge is 0.309 e. The number of nitrogens with one attached hydrogen (secondary N) is 1. The summed E-state index contributed by atoms with van der Waals surface area (Å²) in [5.74, 6) is 0.894. The van der Waals surface area contributed by atoms with E-state index in [0.29, 0.717) is 11.6 Å². The highest BCUT2D eigenvalue weighted by molar-refractivity contribution is 7.11. The molecule has 2 fully saturated rings. The van der Waals surface area contributed by atoms with Crippen LogP contribution in [-0.4, -0.2) is 35.1 Å². The van der Waals surface area contributed by atoms with Gasteiger partial charge < -0.3 is 5.32 Å². The van der Waals surface area contributed by atoms with Crippen LogP contribution in [0.4, 0.5) is 0 Å². The minimum absolute atomic E-state index is 0.332. The van der Waals surface area contributed by atoms with Crippen LogP contribution in [0.3, 0.4) is 0 Å². The zero-order valence-corrected chi connectivity index (χ0v) is 12.4. The first kappa shape index (κ1) is 12.6. The van der Waals surface area contributed by atoms with Crippen molar-refractivity contribution >= 4 is 11.3 Å². The van der Waals surface area contributed by atoms with Crippen molar-refractivity contribution in [2.75, 3.05) is 19.6 Å². The number of aromatic nitrogens is 1. The Hall–Kier alpha value is -0.450. The van der Waals surface area contributed by atoms with Crippen molar-refractivity contribution in [2.24, 2.45) is 5.92 Å². The zero-order valence-electron chi connectivity index (χ0n) is 11.6. The molecule has 1 saturated carbocycles. The van der Waals surface area contributed by atoms with E-state index in [1.165, 1.54) is 22.7 Å². The molecule has 0 bridgehead atoms. The molecule has 4 heteroatoms. The number of nitrogens with zero attached hydrogens (tertiary/aromatic N) is 2. The van der Waals surface area contributed by atoms with Gasteiger partial charge in [0.15, 0.2) is 0 Å². The Bertz CT molecular complexity index is 426. The Morgan fingerprint density at radius 3 is 2.94 bits per heavy atom. The summed E-state index contributed by atoms with van der Waals surface area (Å²) < 4.78 is 0. The van der Waals surface area contributed by atoms with E-state index in [-0.39, 0.29) is 0 Å². The van der Waals surface area contributed by atoms with E-state index >= 15 is 0 Å². The summed E-state index contributed by atoms with van der Waals surface area (Å²) in [5, 5.41) is 5.01. The summed E-state index contributed by atoms with van der Waals surface area (Å²) >= 11 is 1.84. The fourth-order valence-electron chi connectivity index (χ4n) is 3.09. The molecular formula is C14H23N3S. The van der Waals surface area contributed by atoms with Crippen molar-refractivity contribution in [3.8, 4) is 0 Å². The molecule has 1 aliphatic carbocycles. The molecule has 2 atom stereocenters. The van der Waals surface area contributed by atoms with Gasteiger partial charge in [0, 0.05) is 36.2 Å². The second-order valence-corrected chi connectivity index (χ2v) is 7.34. The van der Waals surface area contributed by atoms with Crippen molar-refractivity contribution in [3.05, 3.63) is 16.1 Å². The Labute approximate surface area is 114 Å². The van der Waals surface area contributed by atoms with Crippen LogP contribution in [0.25, 0.3) is 0 Å². The van der Waals surface area contributed by atoms with Crippen molar-refractivity contribution in [1.82, 2.24) is 15.2 Å². The topological polar surface area (TPSA) is 28.2 Å². The number of piperazine rings is 1. The lowest BCUT2D eigenvalue weighted by Gasteiger charge is -2.44. The molecule has 0 spiro atoms. The van der Waals surface area contributed by atoms with Crippen LogP contribution in [0, 0.1) is 12.8 Å². The van der Waals surface area contributed by atoms with Crippen LogP contribution in [0.5, 0.6) is 0 Å². The van der Waals surface area contributed by atoms with Gasteiger partial charge in [0.2, 0.25) is 0 Å². The Morgan fingerprint density at radius 2 is 2.33 bits per heavy atom. The minimum atomic E-state index is 0.332. The molecule has 1 aromatic heterocycles. The summed E-state index contributed by atoms with van der Waals surface area (Å²) in [6, 6.07) is 0.462. The van der Waals surface area contributed by atoms with Gasteiger partial charge in [-0.05, 0) is 39.5 Å². The molecule has 100 valence electrons. The minimum Gasteiger partial charge on any atom is -0.309 e. The Balaban J connectivity index is 1.71. The van der Waals surface area contributed by atoms with Gasteiger partial charge in [0.25, 0.3) is 0 Å². The lowest BCUT2D eigenvalue weighted by atomic mass is 9.92. The van der Waals surface area contributed by atoms with E-state index in [1.54, 1.807) is 0 Å². The van der Waals surface area contributed by atoms with E-state index in [9.17, 15) is 0 Å². The molecule has 1 N–H and O–H groups in total. The fourth-order valence-corrected chi connectivity index (χ4v) is 3.95. The molecular weight excluding hydrogens is 242 g/mol. The molecule has 0 radical (unpaired) electrons. The molecule has 1 aliphatic heterocycles. The second-order valence-electron chi connectivity index (χ2n) is 6.07. The normalized spacial score (nSPS) is 31.5. The maximum Gasteiger partial charge on any atom is 0.110 e. The molecule has 1 saturated heterocycles. The maximum absolute atomic E-state index is 4.56. The molecule has 3 nitrogen and oxygen atoms in total. The van der Waals surface area contributed by atoms with Gasteiger partial charge in [-0.15, -0.1) is 11.3 Å². The average Bonchev–Trinajstić information content (AvgIpc) is 3.12. The van der Waals surface area contributed by atoms with Crippen LogP contribution in [0.2, 0.25) is 0 Å². The van der Waals surface area contributed by atoms with E-state index in [0.717, 1.165) is 25.6 Å². The van der Waals surface area contributed by atoms with Crippen LogP contribution in [0.15, 0.2) is 6.20 Å². The van der Waals surface area contributed by atoms with Gasteiger partial charge in [-0.25, -0.2) is 4.98 Å². The number of aryl methyl sites for hydroxylation is 1. The summed E-state index contributed by atoms with van der Waals surface area (Å²) in [5.41, 5.74) is 0.332. The Morgan fingerprint density at radius 1 is 1.56 bits per heavy atom. The van der Waals surface area contributed by atoms with Crippen molar-refractivity contribution < 1.29 is 0 Å². The highest BCUT2D eigenvalue weighted by Gasteiger charge is 2.44. The maximum atomic E-state index is 4.56. The average molecular weight is 265 g/mol. The van der Waals surface area contributed by atoms with Gasteiger partial charge in [0.1, 0.15) is 5.01 Å². The lowest BCUT2D eigenvalue weighted by molar-refractivity contribution is 0.0945. The number of rotatable bonds is 3. The van der Waals surface area contributed by atoms with Crippen LogP contribution < -0.4 is 5.32 Å². The molecule has 2 unspecified atom stereocenters. The Kier molecular flexibility index (Phi) is 3.20. The number of hydrogen-bond acceptors (Lipinski definition) is 4. The molecule has 2 heterocycles. The van der Waals surface area contributed by atoms with Gasteiger partial charge in [0.05, 0.1) is 6.04 Å². The SMILES string of the molecule is Cc1cnc(C(C)N2CCNC(C)(C3CC3)C2)s1. The quantitative estimate of drug-likeness (QED) is 0.910. The highest BCUT2D eigenvalue weighted by atomic mass is 32.1. The molecule has 18 heavy (non-hydrogen) atoms. The fraction of sp³-hybridized carbons (Fsp3) is 0.786. The van der Waals surface area contributed by atoms with Crippen molar-refractivity contribution in [3.63, 3.8) is 0 Å². The van der Waals surface area contributed by atoms with Gasteiger partial charge in [-0.3, -0.25) is 4.90 Å². The third-order valence-electron chi connectivity index (χ3n) is 4.48. The van der Waals surface area contributed by atoms with Crippen molar-refractivity contribution in [1.29, 1.82) is 0 Å². The standard InChI is InChI=1S/C14H23N3S/c1-10-8-15-13(18-10)11(2)17-7-6-16-14(3,9-17)12-4-5-12/h8,11-12,16H,4-7,9H2,1-3H3. The summed E-state index contributed by atoms with van der Waals surface area (Å²) in [4.78, 5) is 8.48. The first-order valence-electron chi connectivity index (χ1n) is 7.00. The molecule has 0 aromatic carbocycles. The molecule has 3 rings (SSSR count). The van der Waals surface area contributed by atoms with E-state index < -0.39 is 0 Å². The highest BCUT2D eigenvalue weighted by Crippen LogP contribution is 2.41. The van der Waals surface area contributed by atoms with Gasteiger partial charge >= 0.3 is 0 Å². The van der Waals surface area contributed by atoms with Gasteiger partial charge in [-0.2, -0.15) is 0 Å². The van der Waals surface area contributed by atoms with Crippen molar-refractivity contribution in [2.45, 2.75) is 45.2 Å². The molecule has 1 aromatic rings. The number of thiazole rings is 1. The predicted molar refractivity (Wildman–Crippen MR) is 76.0 cm³/mol. The van der Waals surface area contributed by atoms with E-state index in [4.69, 9.17) is 0 Å². The van der Waals surface area contributed by atoms with Gasteiger partial charge in [-0.1, -0.05) is 0 Å². The monoisotopic (exact) mass is 265 g/mol. The van der Waals surface area contributed by atoms with Crippen LogP contribution >= 0.6 is 11.3 Å². The predicted octanol–water partition coefficient (Wildman–Crippen LogP) is 2.59.